The van der Waals surface area contributed by atoms with Crippen molar-refractivity contribution in [2.75, 3.05) is 0 Å². The minimum Gasteiger partial charge on any atom is -0.480 e. The van der Waals surface area contributed by atoms with Crippen LogP contribution in [-0.2, 0) is 4.79 Å². The number of carboxylic acid groups (broad SMARTS) is 1. The number of aliphatic carboxylic acids is 1. The maximum atomic E-state index is 10.2. The van der Waals surface area contributed by atoms with Gasteiger partial charge in [-0.05, 0) is 0 Å². The average molecular weight is 142 g/mol. The molecule has 0 radical (unpaired) electrons. The standard InChI is InChI=1S/C5H6N2O3/c6-4(5(8)9)3-1-2-10-7-3/h1-2,4H,6H2,(H,8,9). The van der Waals surface area contributed by atoms with Crippen molar-refractivity contribution in [2.45, 2.75) is 6.04 Å². The van der Waals surface area contributed by atoms with E-state index in [2.05, 4.69) is 9.68 Å². The zero-order chi connectivity index (χ0) is 7.56. The maximum absolute atomic E-state index is 10.2. The smallest absolute Gasteiger partial charge is 0.326 e. The van der Waals surface area contributed by atoms with E-state index in [0.717, 1.165) is 0 Å². The summed E-state index contributed by atoms with van der Waals surface area (Å²) in [6.07, 6.45) is 1.28. The second-order valence-corrected chi connectivity index (χ2v) is 1.74. The lowest BCUT2D eigenvalue weighted by Gasteiger charge is -1.97. The van der Waals surface area contributed by atoms with Crippen molar-refractivity contribution in [3.05, 3.63) is 18.0 Å². The molecule has 0 aromatic carbocycles. The summed E-state index contributed by atoms with van der Waals surface area (Å²) >= 11 is 0. The molecule has 0 bridgehead atoms. The molecule has 1 atom stereocenters. The van der Waals surface area contributed by atoms with Gasteiger partial charge in [-0.2, -0.15) is 0 Å². The topological polar surface area (TPSA) is 89.4 Å². The Hall–Kier alpha value is -1.36. The van der Waals surface area contributed by atoms with E-state index in [9.17, 15) is 4.79 Å². The van der Waals surface area contributed by atoms with E-state index < -0.39 is 12.0 Å². The number of carbonyl (C=O) groups is 1. The molecule has 0 aliphatic heterocycles. The number of nitrogens with zero attached hydrogens (tertiary/aromatic N) is 1. The van der Waals surface area contributed by atoms with Gasteiger partial charge in [0, 0.05) is 6.07 Å². The fraction of sp³-hybridized carbons (Fsp3) is 0.200. The van der Waals surface area contributed by atoms with Gasteiger partial charge in [-0.15, -0.1) is 0 Å². The number of hydrogen-bond acceptors (Lipinski definition) is 4. The van der Waals surface area contributed by atoms with Gasteiger partial charge in [0.15, 0.2) is 0 Å². The SMILES string of the molecule is NC(C(=O)O)c1ccon1. The molecule has 0 fully saturated rings. The van der Waals surface area contributed by atoms with E-state index in [1.807, 2.05) is 0 Å². The fourth-order valence-corrected chi connectivity index (χ4v) is 0.509. The minimum absolute atomic E-state index is 0.229. The van der Waals surface area contributed by atoms with Crippen LogP contribution in [0.25, 0.3) is 0 Å². The second kappa shape index (κ2) is 2.49. The summed E-state index contributed by atoms with van der Waals surface area (Å²) in [5.41, 5.74) is 5.39. The molecule has 0 saturated carbocycles. The third-order valence-corrected chi connectivity index (χ3v) is 1.04. The Kier molecular flexibility index (Phi) is 1.68. The number of hydrogen-bond donors (Lipinski definition) is 2. The van der Waals surface area contributed by atoms with Gasteiger partial charge in [0.05, 0.1) is 0 Å². The van der Waals surface area contributed by atoms with Crippen LogP contribution in [0.4, 0.5) is 0 Å². The summed E-state index contributed by atoms with van der Waals surface area (Å²) in [6.45, 7) is 0. The molecule has 5 nitrogen and oxygen atoms in total. The first-order valence-electron chi connectivity index (χ1n) is 2.60. The monoisotopic (exact) mass is 142 g/mol. The molecule has 0 saturated heterocycles. The van der Waals surface area contributed by atoms with E-state index in [4.69, 9.17) is 10.8 Å². The number of rotatable bonds is 2. The van der Waals surface area contributed by atoms with Crippen LogP contribution in [0, 0.1) is 0 Å². The average Bonchev–Trinajstić information content (AvgIpc) is 2.36. The Labute approximate surface area is 56.4 Å². The Balaban J connectivity index is 2.77. The molecule has 3 N–H and O–H groups in total. The largest absolute Gasteiger partial charge is 0.480 e. The fourth-order valence-electron chi connectivity index (χ4n) is 0.509. The third kappa shape index (κ3) is 1.14. The van der Waals surface area contributed by atoms with Crippen LogP contribution < -0.4 is 5.73 Å². The molecule has 54 valence electrons. The van der Waals surface area contributed by atoms with Crippen molar-refractivity contribution >= 4 is 5.97 Å². The third-order valence-electron chi connectivity index (χ3n) is 1.04. The predicted molar refractivity (Wildman–Crippen MR) is 31.1 cm³/mol. The highest BCUT2D eigenvalue weighted by Crippen LogP contribution is 2.05. The van der Waals surface area contributed by atoms with E-state index >= 15 is 0 Å². The lowest BCUT2D eigenvalue weighted by atomic mass is 10.2. The van der Waals surface area contributed by atoms with Gasteiger partial charge in [-0.1, -0.05) is 5.16 Å². The lowest BCUT2D eigenvalue weighted by Crippen LogP contribution is -2.20. The zero-order valence-corrected chi connectivity index (χ0v) is 5.02. The Morgan fingerprint density at radius 2 is 2.60 bits per heavy atom. The first kappa shape index (κ1) is 6.76. The normalized spacial score (nSPS) is 12.9. The quantitative estimate of drug-likeness (QED) is 0.594. The minimum atomic E-state index is -1.12. The summed E-state index contributed by atoms with van der Waals surface area (Å²) < 4.78 is 4.39. The molecule has 1 heterocycles. The van der Waals surface area contributed by atoms with Crippen LogP contribution in [0.2, 0.25) is 0 Å². The van der Waals surface area contributed by atoms with Gasteiger partial charge in [0.2, 0.25) is 0 Å². The number of carboxylic acids is 1. The van der Waals surface area contributed by atoms with Gasteiger partial charge < -0.3 is 15.4 Å². The molecule has 1 aromatic rings. The summed E-state index contributed by atoms with van der Waals surface area (Å²) in [7, 11) is 0. The highest BCUT2D eigenvalue weighted by Gasteiger charge is 2.16. The van der Waals surface area contributed by atoms with Crippen molar-refractivity contribution in [3.63, 3.8) is 0 Å². The Bertz CT molecular complexity index is 219. The molecule has 0 amide bonds. The second-order valence-electron chi connectivity index (χ2n) is 1.74. The Morgan fingerprint density at radius 1 is 1.90 bits per heavy atom. The van der Waals surface area contributed by atoms with E-state index in [1.165, 1.54) is 12.3 Å². The molecule has 0 aliphatic rings. The van der Waals surface area contributed by atoms with Crippen molar-refractivity contribution in [3.8, 4) is 0 Å². The molecular formula is C5H6N2O3. The summed E-state index contributed by atoms with van der Waals surface area (Å²) in [5, 5.41) is 11.7. The lowest BCUT2D eigenvalue weighted by molar-refractivity contribution is -0.138. The van der Waals surface area contributed by atoms with Crippen LogP contribution in [0.5, 0.6) is 0 Å². The van der Waals surface area contributed by atoms with Crippen molar-refractivity contribution < 1.29 is 14.4 Å². The summed E-state index contributed by atoms with van der Waals surface area (Å²) in [5.74, 6) is -1.12. The van der Waals surface area contributed by atoms with Gasteiger partial charge in [0.1, 0.15) is 18.0 Å². The molecule has 0 spiro atoms. The van der Waals surface area contributed by atoms with Gasteiger partial charge in [0.25, 0.3) is 0 Å². The van der Waals surface area contributed by atoms with Gasteiger partial charge in [-0.25, -0.2) is 0 Å². The van der Waals surface area contributed by atoms with Crippen LogP contribution >= 0.6 is 0 Å². The van der Waals surface area contributed by atoms with Crippen LogP contribution in [0.15, 0.2) is 16.9 Å². The van der Waals surface area contributed by atoms with Gasteiger partial charge in [-0.3, -0.25) is 4.79 Å². The molecule has 1 aromatic heterocycles. The highest BCUT2D eigenvalue weighted by atomic mass is 16.5. The number of nitrogens with two attached hydrogens (primary N) is 1. The predicted octanol–water partition coefficient (Wildman–Crippen LogP) is -0.241. The molecule has 1 unspecified atom stereocenters. The first-order valence-corrected chi connectivity index (χ1v) is 2.60. The molecule has 1 rings (SSSR count). The van der Waals surface area contributed by atoms with Crippen LogP contribution in [0.1, 0.15) is 11.7 Å². The summed E-state index contributed by atoms with van der Waals surface area (Å²) in [4.78, 5) is 10.2. The number of aromatic nitrogens is 1. The van der Waals surface area contributed by atoms with Crippen molar-refractivity contribution in [1.82, 2.24) is 5.16 Å². The molecular weight excluding hydrogens is 136 g/mol. The van der Waals surface area contributed by atoms with Gasteiger partial charge >= 0.3 is 5.97 Å². The van der Waals surface area contributed by atoms with E-state index in [0.29, 0.717) is 0 Å². The maximum Gasteiger partial charge on any atom is 0.326 e. The molecule has 0 aliphatic carbocycles. The van der Waals surface area contributed by atoms with Crippen LogP contribution in [0.3, 0.4) is 0 Å². The van der Waals surface area contributed by atoms with Crippen molar-refractivity contribution in [2.24, 2.45) is 5.73 Å². The van der Waals surface area contributed by atoms with E-state index in [-0.39, 0.29) is 5.69 Å². The van der Waals surface area contributed by atoms with E-state index in [1.54, 1.807) is 0 Å². The van der Waals surface area contributed by atoms with Crippen molar-refractivity contribution in [1.29, 1.82) is 0 Å². The highest BCUT2D eigenvalue weighted by molar-refractivity contribution is 5.74. The Morgan fingerprint density at radius 3 is 3.00 bits per heavy atom. The molecule has 10 heavy (non-hydrogen) atoms. The zero-order valence-electron chi connectivity index (χ0n) is 5.02. The van der Waals surface area contributed by atoms with Crippen LogP contribution in [-0.4, -0.2) is 16.2 Å². The first-order chi connectivity index (χ1) is 4.72. The summed E-state index contributed by atoms with van der Waals surface area (Å²) in [6, 6.07) is 0.331. The molecule has 5 heteroatoms.